The summed E-state index contributed by atoms with van der Waals surface area (Å²) in [4.78, 5) is 68.5. The van der Waals surface area contributed by atoms with Crippen LogP contribution in [0, 0.1) is 5.41 Å². The lowest BCUT2D eigenvalue weighted by molar-refractivity contribution is -0.366. The molecule has 20 heteroatoms. The lowest BCUT2D eigenvalue weighted by Gasteiger charge is -2.36. The van der Waals surface area contributed by atoms with Crippen LogP contribution in [0.1, 0.15) is 90.5 Å². The van der Waals surface area contributed by atoms with Crippen molar-refractivity contribution in [2.45, 2.75) is 45.1 Å². The second-order valence-corrected chi connectivity index (χ2v) is 14.5. The molecule has 1 atom stereocenters. The smallest absolute Gasteiger partial charge is 0.347 e. The summed E-state index contributed by atoms with van der Waals surface area (Å²) < 4.78 is 26.6. The molecule has 0 bridgehead atoms. The Labute approximate surface area is 361 Å². The molecule has 5 aromatic rings. The van der Waals surface area contributed by atoms with Gasteiger partial charge >= 0.3 is 35.8 Å². The summed E-state index contributed by atoms with van der Waals surface area (Å²) >= 11 is 0. The number of hydrogen-bond donors (Lipinski definition) is 10. The quantitative estimate of drug-likeness (QED) is 0.0407. The molecule has 10 N–H and O–H groups in total. The second kappa shape index (κ2) is 18.7. The van der Waals surface area contributed by atoms with Crippen LogP contribution in [0.5, 0.6) is 46.0 Å². The average molecular weight is 889 g/mol. The minimum atomic E-state index is -3.98. The van der Waals surface area contributed by atoms with Crippen molar-refractivity contribution in [3.8, 4) is 46.0 Å². The molecule has 20 nitrogen and oxygen atoms in total. The molecular weight excluding hydrogens is 848 g/mol. The van der Waals surface area contributed by atoms with Crippen molar-refractivity contribution >= 4 is 29.8 Å². The Balaban J connectivity index is 1.79. The minimum Gasteiger partial charge on any atom is -0.507 e. The highest BCUT2D eigenvalue weighted by atomic mass is 16.8. The zero-order chi connectivity index (χ0) is 47.3. The third-order valence-corrected chi connectivity index (χ3v) is 9.57. The van der Waals surface area contributed by atoms with E-state index in [1.165, 1.54) is 60.7 Å². The molecule has 5 aromatic carbocycles. The van der Waals surface area contributed by atoms with Crippen LogP contribution in [-0.2, 0) is 9.47 Å². The fourth-order valence-corrected chi connectivity index (χ4v) is 5.95. The van der Waals surface area contributed by atoms with E-state index in [4.69, 9.17) is 23.7 Å². The van der Waals surface area contributed by atoms with Crippen molar-refractivity contribution in [3.05, 3.63) is 130 Å². The van der Waals surface area contributed by atoms with Crippen molar-refractivity contribution in [1.82, 2.24) is 0 Å². The molecule has 0 aliphatic carbocycles. The molecule has 0 radical (unpaired) electrons. The molecule has 0 fully saturated rings. The molecule has 0 aliphatic heterocycles. The van der Waals surface area contributed by atoms with Gasteiger partial charge in [-0.1, -0.05) is 55.5 Å². The van der Waals surface area contributed by atoms with Crippen LogP contribution in [0.25, 0.3) is 0 Å². The first-order chi connectivity index (χ1) is 30.0. The van der Waals surface area contributed by atoms with Gasteiger partial charge in [-0.15, -0.1) is 0 Å². The highest BCUT2D eigenvalue weighted by molar-refractivity contribution is 6.03. The van der Waals surface area contributed by atoms with Crippen LogP contribution in [0.4, 0.5) is 0 Å². The van der Waals surface area contributed by atoms with E-state index < -0.39 is 140 Å². The summed E-state index contributed by atoms with van der Waals surface area (Å²) in [5.41, 5.74) is -7.18. The molecule has 0 saturated heterocycles. The van der Waals surface area contributed by atoms with Gasteiger partial charge in [-0.05, 0) is 68.8 Å². The fraction of sp³-hybridized carbons (Fsp3) is 0.205. The van der Waals surface area contributed by atoms with Crippen LogP contribution in [-0.4, -0.2) is 99.5 Å². The number of rotatable bonds is 15. The van der Waals surface area contributed by atoms with E-state index in [0.29, 0.717) is 0 Å². The highest BCUT2D eigenvalue weighted by Gasteiger charge is 2.50. The Morgan fingerprint density at radius 1 is 0.516 bits per heavy atom. The van der Waals surface area contributed by atoms with Crippen molar-refractivity contribution in [2.24, 2.45) is 5.41 Å². The van der Waals surface area contributed by atoms with Gasteiger partial charge in [0.25, 0.3) is 5.97 Å². The van der Waals surface area contributed by atoms with Crippen LogP contribution < -0.4 is 14.2 Å². The monoisotopic (exact) mass is 888 g/mol. The molecule has 5 rings (SSSR count). The van der Waals surface area contributed by atoms with Gasteiger partial charge in [0.05, 0.1) is 11.3 Å². The van der Waals surface area contributed by atoms with Crippen LogP contribution >= 0.6 is 0 Å². The van der Waals surface area contributed by atoms with Gasteiger partial charge in [0.1, 0.15) is 57.4 Å². The summed E-state index contributed by atoms with van der Waals surface area (Å²) in [6, 6.07) is 19.1. The predicted molar refractivity (Wildman–Crippen MR) is 214 cm³/mol. The first-order valence-corrected chi connectivity index (χ1v) is 18.7. The normalized spacial score (nSPS) is 12.1. The Morgan fingerprint density at radius 3 is 1.25 bits per heavy atom. The van der Waals surface area contributed by atoms with Crippen LogP contribution in [0.2, 0.25) is 0 Å². The minimum absolute atomic E-state index is 0.336. The Bertz CT molecular complexity index is 2610. The van der Waals surface area contributed by atoms with E-state index in [0.717, 1.165) is 57.2 Å². The number of para-hydroxylation sites is 4. The number of aromatic hydroxyl groups is 5. The molecule has 0 spiro atoms. The lowest BCUT2D eigenvalue weighted by atomic mass is 9.87. The molecule has 336 valence electrons. The molecule has 0 amide bonds. The van der Waals surface area contributed by atoms with E-state index in [1.807, 2.05) is 0 Å². The SMILES string of the molecule is CCC(c1c(OC(=O)c2ccccc2O)c(OC(=O)c2ccccc2O)c(OC(=O)c2ccccc2O)c(O)c1C(=O)OC(O)(O)C(C)(C)COC(=O)c1ccccc1O)C(O)(O)O. The van der Waals surface area contributed by atoms with Gasteiger partial charge in [0, 0.05) is 5.56 Å². The Hall–Kier alpha value is -7.75. The number of phenolic OH excluding ortho intramolecular Hbond substituents is 5. The maximum absolute atomic E-state index is 14.4. The van der Waals surface area contributed by atoms with E-state index >= 15 is 0 Å². The lowest BCUT2D eigenvalue weighted by Crippen LogP contribution is -2.51. The van der Waals surface area contributed by atoms with Crippen molar-refractivity contribution in [1.29, 1.82) is 0 Å². The summed E-state index contributed by atoms with van der Waals surface area (Å²) in [5.74, 6) is -26.6. The first-order valence-electron chi connectivity index (χ1n) is 18.7. The van der Waals surface area contributed by atoms with E-state index in [-0.39, 0.29) is 5.56 Å². The van der Waals surface area contributed by atoms with E-state index in [9.17, 15) is 75.0 Å². The van der Waals surface area contributed by atoms with Gasteiger partial charge in [-0.25, -0.2) is 24.0 Å². The molecule has 0 heterocycles. The largest absolute Gasteiger partial charge is 0.507 e. The number of hydrogen-bond acceptors (Lipinski definition) is 20. The van der Waals surface area contributed by atoms with Gasteiger partial charge in [-0.3, -0.25) is 0 Å². The Morgan fingerprint density at radius 2 is 0.875 bits per heavy atom. The molecule has 1 unspecified atom stereocenters. The molecular formula is C44H40O20. The van der Waals surface area contributed by atoms with Crippen LogP contribution in [0.15, 0.2) is 97.1 Å². The standard InChI is InChI=1S/C44H40O20/c1-4-26(43(55,56)57)31-32(41(54)64-44(58,59)42(2,3)21-60-37(50)22-13-5-9-17-27(22)45)33(49)35(62-39(52)24-15-7-11-19-29(24)47)36(63-40(53)25-16-8-12-20-30(25)48)34(31)61-38(51)23-14-6-10-18-28(23)46/h5-20,26,45-49,55-59H,4,21H2,1-3H3. The predicted octanol–water partition coefficient (Wildman–Crippen LogP) is 3.67. The van der Waals surface area contributed by atoms with Crippen molar-refractivity contribution < 1.29 is 98.7 Å². The first kappa shape index (κ1) is 47.3. The Kier molecular flexibility index (Phi) is 13.8. The van der Waals surface area contributed by atoms with Gasteiger partial charge in [-0.2, -0.15) is 0 Å². The number of ether oxygens (including phenoxy) is 5. The maximum atomic E-state index is 14.4. The average Bonchev–Trinajstić information content (AvgIpc) is 3.22. The summed E-state index contributed by atoms with van der Waals surface area (Å²) in [7, 11) is 0. The number of carbonyl (C=O) groups is 5. The summed E-state index contributed by atoms with van der Waals surface area (Å²) in [5, 5.41) is 108. The molecule has 0 aliphatic rings. The third kappa shape index (κ3) is 9.96. The van der Waals surface area contributed by atoms with Gasteiger partial charge < -0.3 is 74.7 Å². The number of benzene rings is 5. The van der Waals surface area contributed by atoms with Crippen LogP contribution in [0.3, 0.4) is 0 Å². The van der Waals surface area contributed by atoms with Crippen molar-refractivity contribution in [2.75, 3.05) is 6.61 Å². The number of carbonyl (C=O) groups excluding carboxylic acids is 5. The topological polar surface area (TPSA) is 334 Å². The van der Waals surface area contributed by atoms with Gasteiger partial charge in [0.2, 0.25) is 11.5 Å². The van der Waals surface area contributed by atoms with E-state index in [2.05, 4.69) is 0 Å². The number of phenols is 5. The summed E-state index contributed by atoms with van der Waals surface area (Å²) in [6.45, 7) is 2.20. The van der Waals surface area contributed by atoms with Crippen molar-refractivity contribution in [3.63, 3.8) is 0 Å². The molecule has 64 heavy (non-hydrogen) atoms. The zero-order valence-corrected chi connectivity index (χ0v) is 33.8. The highest BCUT2D eigenvalue weighted by Crippen LogP contribution is 2.55. The maximum Gasteiger partial charge on any atom is 0.347 e. The molecule has 0 aromatic heterocycles. The summed E-state index contributed by atoms with van der Waals surface area (Å²) in [6.07, 6.45) is -0.703. The number of esters is 5. The second-order valence-electron chi connectivity index (χ2n) is 14.5. The third-order valence-electron chi connectivity index (χ3n) is 9.57. The van der Waals surface area contributed by atoms with Gasteiger partial charge in [0.15, 0.2) is 11.5 Å². The fourth-order valence-electron chi connectivity index (χ4n) is 5.95. The molecule has 0 saturated carbocycles. The van der Waals surface area contributed by atoms with E-state index in [1.54, 1.807) is 0 Å². The number of aliphatic hydroxyl groups is 5. The zero-order valence-electron chi connectivity index (χ0n) is 33.8.